The van der Waals surface area contributed by atoms with Gasteiger partial charge in [-0.15, -0.1) is 11.3 Å². The molecule has 3 aromatic heterocycles. The van der Waals surface area contributed by atoms with Gasteiger partial charge in [-0.2, -0.15) is 4.98 Å². The Hall–Kier alpha value is -3.39. The van der Waals surface area contributed by atoms with Gasteiger partial charge in [0.15, 0.2) is 5.65 Å². The number of nitrogen functional groups attached to an aromatic ring is 1. The number of aromatic amines is 1. The highest BCUT2D eigenvalue weighted by Gasteiger charge is 2.12. The van der Waals surface area contributed by atoms with Gasteiger partial charge >= 0.3 is 0 Å². The molecule has 3 heterocycles. The molecule has 130 valence electrons. The highest BCUT2D eigenvalue weighted by molar-refractivity contribution is 7.14. The molecular formula is C18H15N5O2S. The SMILES string of the molecule is Nc1ccccc1NC(=O)c1ccc(COc2nc3ncccc3[nH]2)s1. The Bertz CT molecular complexity index is 1040. The Kier molecular flexibility index (Phi) is 4.24. The summed E-state index contributed by atoms with van der Waals surface area (Å²) in [5.41, 5.74) is 8.39. The maximum absolute atomic E-state index is 12.3. The largest absolute Gasteiger partial charge is 0.459 e. The molecule has 0 radical (unpaired) electrons. The number of nitrogens with two attached hydrogens (primary N) is 1. The number of aromatic nitrogens is 3. The number of fused-ring (bicyclic) bond motifs is 1. The van der Waals surface area contributed by atoms with Crippen LogP contribution in [0.3, 0.4) is 0 Å². The molecule has 0 unspecified atom stereocenters. The third-order valence-electron chi connectivity index (χ3n) is 3.68. The van der Waals surface area contributed by atoms with Crippen LogP contribution in [0.1, 0.15) is 14.5 Å². The topological polar surface area (TPSA) is 106 Å². The van der Waals surface area contributed by atoms with Gasteiger partial charge in [-0.3, -0.25) is 4.79 Å². The van der Waals surface area contributed by atoms with Gasteiger partial charge in [-0.25, -0.2) is 4.98 Å². The van der Waals surface area contributed by atoms with Gasteiger partial charge in [0.05, 0.1) is 21.8 Å². The van der Waals surface area contributed by atoms with Gasteiger partial charge in [0.2, 0.25) is 0 Å². The zero-order valence-electron chi connectivity index (χ0n) is 13.6. The van der Waals surface area contributed by atoms with E-state index in [0.29, 0.717) is 34.5 Å². The van der Waals surface area contributed by atoms with Crippen molar-refractivity contribution in [1.82, 2.24) is 15.0 Å². The third-order valence-corrected chi connectivity index (χ3v) is 4.74. The number of nitrogens with one attached hydrogen (secondary N) is 2. The van der Waals surface area contributed by atoms with Crippen molar-refractivity contribution in [2.45, 2.75) is 6.61 Å². The van der Waals surface area contributed by atoms with Crippen LogP contribution in [0.25, 0.3) is 11.2 Å². The zero-order chi connectivity index (χ0) is 17.9. The van der Waals surface area contributed by atoms with E-state index in [9.17, 15) is 4.79 Å². The average molecular weight is 365 g/mol. The zero-order valence-corrected chi connectivity index (χ0v) is 14.4. The minimum Gasteiger partial charge on any atom is -0.459 e. The first-order valence-corrected chi connectivity index (χ1v) is 8.69. The summed E-state index contributed by atoms with van der Waals surface area (Å²) in [6.45, 7) is 0.311. The van der Waals surface area contributed by atoms with Gasteiger partial charge in [0, 0.05) is 11.1 Å². The number of para-hydroxylation sites is 2. The number of amides is 1. The molecular weight excluding hydrogens is 350 g/mol. The monoisotopic (exact) mass is 365 g/mol. The van der Waals surface area contributed by atoms with Gasteiger partial charge in [-0.1, -0.05) is 12.1 Å². The summed E-state index contributed by atoms with van der Waals surface area (Å²) < 4.78 is 5.66. The van der Waals surface area contributed by atoms with E-state index in [1.807, 2.05) is 30.3 Å². The summed E-state index contributed by atoms with van der Waals surface area (Å²) >= 11 is 1.36. The Morgan fingerprint density at radius 3 is 2.92 bits per heavy atom. The first kappa shape index (κ1) is 16.1. The number of hydrogen-bond acceptors (Lipinski definition) is 6. The lowest BCUT2D eigenvalue weighted by atomic mass is 10.2. The molecule has 0 aliphatic rings. The Labute approximate surface area is 152 Å². The number of hydrogen-bond donors (Lipinski definition) is 3. The number of nitrogens with zero attached hydrogens (tertiary/aromatic N) is 2. The number of H-pyrrole nitrogens is 1. The van der Waals surface area contributed by atoms with E-state index in [0.717, 1.165) is 10.4 Å². The molecule has 0 fully saturated rings. The normalized spacial score (nSPS) is 10.8. The molecule has 0 aliphatic carbocycles. The van der Waals surface area contributed by atoms with Crippen molar-refractivity contribution < 1.29 is 9.53 Å². The van der Waals surface area contributed by atoms with Crippen LogP contribution in [0, 0.1) is 0 Å². The van der Waals surface area contributed by atoms with Crippen molar-refractivity contribution in [2.24, 2.45) is 0 Å². The summed E-state index contributed by atoms with van der Waals surface area (Å²) in [5.74, 6) is -0.202. The lowest BCUT2D eigenvalue weighted by Gasteiger charge is -2.06. The van der Waals surface area contributed by atoms with Crippen LogP contribution in [0.2, 0.25) is 0 Å². The Morgan fingerprint density at radius 2 is 2.08 bits per heavy atom. The second-order valence-electron chi connectivity index (χ2n) is 5.51. The van der Waals surface area contributed by atoms with E-state index < -0.39 is 0 Å². The first-order chi connectivity index (χ1) is 12.7. The number of ether oxygens (including phenoxy) is 1. The number of thiophene rings is 1. The number of carbonyl (C=O) groups is 1. The van der Waals surface area contributed by atoms with E-state index in [-0.39, 0.29) is 5.91 Å². The lowest BCUT2D eigenvalue weighted by molar-refractivity contribution is 0.103. The molecule has 8 heteroatoms. The molecule has 0 aliphatic heterocycles. The van der Waals surface area contributed by atoms with Crippen LogP contribution in [-0.2, 0) is 6.61 Å². The number of pyridine rings is 1. The maximum atomic E-state index is 12.3. The van der Waals surface area contributed by atoms with Crippen LogP contribution in [0.5, 0.6) is 6.01 Å². The van der Waals surface area contributed by atoms with Crippen molar-refractivity contribution in [3.8, 4) is 6.01 Å². The number of carbonyl (C=O) groups excluding carboxylic acids is 1. The lowest BCUT2D eigenvalue weighted by Crippen LogP contribution is -2.11. The molecule has 4 rings (SSSR count). The highest BCUT2D eigenvalue weighted by atomic mass is 32.1. The fourth-order valence-corrected chi connectivity index (χ4v) is 3.22. The second kappa shape index (κ2) is 6.85. The summed E-state index contributed by atoms with van der Waals surface area (Å²) in [6, 6.07) is 14.9. The van der Waals surface area contributed by atoms with Gasteiger partial charge in [0.1, 0.15) is 6.61 Å². The van der Waals surface area contributed by atoms with Crippen molar-refractivity contribution in [3.05, 3.63) is 64.5 Å². The molecule has 0 spiro atoms. The molecule has 1 aromatic carbocycles. The summed E-state index contributed by atoms with van der Waals surface area (Å²) in [6.07, 6.45) is 1.68. The average Bonchev–Trinajstić information content (AvgIpc) is 3.28. The smallest absolute Gasteiger partial charge is 0.296 e. The fourth-order valence-electron chi connectivity index (χ4n) is 2.40. The van der Waals surface area contributed by atoms with Gasteiger partial charge in [0.25, 0.3) is 11.9 Å². The number of rotatable bonds is 5. The molecule has 0 saturated carbocycles. The summed E-state index contributed by atoms with van der Waals surface area (Å²) in [5, 5.41) is 2.81. The molecule has 0 bridgehead atoms. The van der Waals surface area contributed by atoms with Crippen LogP contribution in [0.15, 0.2) is 54.7 Å². The van der Waals surface area contributed by atoms with Crippen molar-refractivity contribution >= 4 is 39.8 Å². The van der Waals surface area contributed by atoms with E-state index in [1.165, 1.54) is 11.3 Å². The maximum Gasteiger partial charge on any atom is 0.296 e. The Balaban J connectivity index is 1.41. The van der Waals surface area contributed by atoms with Crippen molar-refractivity contribution in [3.63, 3.8) is 0 Å². The summed E-state index contributed by atoms with van der Waals surface area (Å²) in [7, 11) is 0. The van der Waals surface area contributed by atoms with E-state index in [1.54, 1.807) is 24.4 Å². The van der Waals surface area contributed by atoms with E-state index in [2.05, 4.69) is 20.3 Å². The molecule has 26 heavy (non-hydrogen) atoms. The highest BCUT2D eigenvalue weighted by Crippen LogP contribution is 2.22. The Morgan fingerprint density at radius 1 is 1.19 bits per heavy atom. The predicted octanol–water partition coefficient (Wildman–Crippen LogP) is 3.43. The summed E-state index contributed by atoms with van der Waals surface area (Å²) in [4.78, 5) is 25.3. The first-order valence-electron chi connectivity index (χ1n) is 7.87. The molecule has 1 amide bonds. The van der Waals surface area contributed by atoms with Crippen molar-refractivity contribution in [2.75, 3.05) is 11.1 Å². The predicted molar refractivity (Wildman–Crippen MR) is 101 cm³/mol. The second-order valence-corrected chi connectivity index (χ2v) is 6.68. The molecule has 7 nitrogen and oxygen atoms in total. The van der Waals surface area contributed by atoms with E-state index in [4.69, 9.17) is 10.5 Å². The van der Waals surface area contributed by atoms with E-state index >= 15 is 0 Å². The minimum absolute atomic E-state index is 0.202. The molecule has 4 N–H and O–H groups in total. The quantitative estimate of drug-likeness (QED) is 0.470. The van der Waals surface area contributed by atoms with Crippen LogP contribution in [0.4, 0.5) is 11.4 Å². The number of imidazole rings is 1. The van der Waals surface area contributed by atoms with Crippen LogP contribution in [-0.4, -0.2) is 20.9 Å². The number of benzene rings is 1. The van der Waals surface area contributed by atoms with Gasteiger partial charge in [-0.05, 0) is 36.4 Å². The minimum atomic E-state index is -0.202. The number of anilines is 2. The van der Waals surface area contributed by atoms with Crippen molar-refractivity contribution in [1.29, 1.82) is 0 Å². The molecule has 0 atom stereocenters. The molecule has 0 saturated heterocycles. The standard InChI is InChI=1S/C18H15N5O2S/c19-12-4-1-2-5-13(12)21-17(24)15-8-7-11(26-15)10-25-18-22-14-6-3-9-20-16(14)23-18/h1-9H,10,19H2,(H,21,24)(H,20,22,23). The van der Waals surface area contributed by atoms with Crippen LogP contribution >= 0.6 is 11.3 Å². The third kappa shape index (κ3) is 3.35. The van der Waals surface area contributed by atoms with Crippen LogP contribution < -0.4 is 15.8 Å². The molecule has 4 aromatic rings. The van der Waals surface area contributed by atoms with Gasteiger partial charge < -0.3 is 20.8 Å². The fraction of sp³-hybridized carbons (Fsp3) is 0.0556.